The van der Waals surface area contributed by atoms with E-state index in [1.807, 2.05) is 7.11 Å². The standard InChI is InChI=1S/C11H24O2Si/c1-9-6-10(12-2)8-11(7-9)13-14(3,4)5/h9-11H,6-8H2,1-5H3/t9-,10+,11+/m1/s1. The van der Waals surface area contributed by atoms with Gasteiger partial charge in [0.15, 0.2) is 8.32 Å². The molecule has 1 saturated carbocycles. The Hall–Kier alpha value is 0.137. The zero-order chi connectivity index (χ0) is 10.8. The highest BCUT2D eigenvalue weighted by Crippen LogP contribution is 2.29. The van der Waals surface area contributed by atoms with E-state index < -0.39 is 8.32 Å². The van der Waals surface area contributed by atoms with Crippen molar-refractivity contribution >= 4 is 8.32 Å². The van der Waals surface area contributed by atoms with Gasteiger partial charge in [-0.3, -0.25) is 0 Å². The Labute approximate surface area is 89.1 Å². The minimum absolute atomic E-state index is 0.417. The van der Waals surface area contributed by atoms with Gasteiger partial charge in [0.1, 0.15) is 0 Å². The quantitative estimate of drug-likeness (QED) is 0.675. The molecule has 1 aliphatic rings. The summed E-state index contributed by atoms with van der Waals surface area (Å²) in [4.78, 5) is 0. The van der Waals surface area contributed by atoms with Crippen molar-refractivity contribution in [2.24, 2.45) is 5.92 Å². The first kappa shape index (κ1) is 12.2. The molecule has 1 aliphatic carbocycles. The third-order valence-corrected chi connectivity index (χ3v) is 3.75. The monoisotopic (exact) mass is 216 g/mol. The van der Waals surface area contributed by atoms with Crippen molar-refractivity contribution in [3.8, 4) is 0 Å². The third kappa shape index (κ3) is 4.11. The van der Waals surface area contributed by atoms with Crippen LogP contribution >= 0.6 is 0 Å². The number of rotatable bonds is 3. The zero-order valence-electron chi connectivity index (χ0n) is 10.2. The van der Waals surface area contributed by atoms with Crippen LogP contribution in [0.5, 0.6) is 0 Å². The van der Waals surface area contributed by atoms with E-state index in [4.69, 9.17) is 9.16 Å². The zero-order valence-corrected chi connectivity index (χ0v) is 11.2. The average molecular weight is 216 g/mol. The Morgan fingerprint density at radius 3 is 2.07 bits per heavy atom. The summed E-state index contributed by atoms with van der Waals surface area (Å²) in [5, 5.41) is 0. The number of hydrogen-bond donors (Lipinski definition) is 0. The maximum atomic E-state index is 6.14. The molecule has 0 aromatic rings. The van der Waals surface area contributed by atoms with E-state index in [1.165, 1.54) is 12.8 Å². The second-order valence-corrected chi connectivity index (χ2v) is 9.98. The molecule has 3 heteroatoms. The summed E-state index contributed by atoms with van der Waals surface area (Å²) in [6, 6.07) is 0. The van der Waals surface area contributed by atoms with E-state index in [9.17, 15) is 0 Å². The lowest BCUT2D eigenvalue weighted by Gasteiger charge is -2.36. The Kier molecular flexibility index (Phi) is 4.16. The van der Waals surface area contributed by atoms with Crippen molar-refractivity contribution in [2.45, 2.75) is 58.0 Å². The molecule has 0 heterocycles. The van der Waals surface area contributed by atoms with Gasteiger partial charge in [-0.2, -0.15) is 0 Å². The maximum Gasteiger partial charge on any atom is 0.184 e. The summed E-state index contributed by atoms with van der Waals surface area (Å²) in [6.45, 7) is 9.07. The van der Waals surface area contributed by atoms with Gasteiger partial charge >= 0.3 is 0 Å². The second kappa shape index (κ2) is 4.77. The van der Waals surface area contributed by atoms with Crippen molar-refractivity contribution in [3.05, 3.63) is 0 Å². The van der Waals surface area contributed by atoms with Crippen LogP contribution in [0.2, 0.25) is 19.6 Å². The van der Waals surface area contributed by atoms with Crippen LogP contribution in [0.4, 0.5) is 0 Å². The van der Waals surface area contributed by atoms with E-state index in [2.05, 4.69) is 26.6 Å². The summed E-state index contributed by atoms with van der Waals surface area (Å²) < 4.78 is 11.6. The smallest absolute Gasteiger partial charge is 0.184 e. The summed E-state index contributed by atoms with van der Waals surface area (Å²) in [6.07, 6.45) is 4.35. The first-order chi connectivity index (χ1) is 6.40. The van der Waals surface area contributed by atoms with Gasteiger partial charge in [-0.15, -0.1) is 0 Å². The van der Waals surface area contributed by atoms with Crippen LogP contribution < -0.4 is 0 Å². The molecule has 1 fully saturated rings. The first-order valence-electron chi connectivity index (χ1n) is 5.61. The van der Waals surface area contributed by atoms with Crippen LogP contribution in [0.15, 0.2) is 0 Å². The molecule has 0 amide bonds. The largest absolute Gasteiger partial charge is 0.415 e. The van der Waals surface area contributed by atoms with Crippen molar-refractivity contribution in [1.82, 2.24) is 0 Å². The number of ether oxygens (including phenoxy) is 1. The lowest BCUT2D eigenvalue weighted by Crippen LogP contribution is -2.38. The van der Waals surface area contributed by atoms with Crippen molar-refractivity contribution < 1.29 is 9.16 Å². The molecule has 0 unspecified atom stereocenters. The predicted octanol–water partition coefficient (Wildman–Crippen LogP) is 3.04. The lowest BCUT2D eigenvalue weighted by molar-refractivity contribution is -0.000431. The Bertz CT molecular complexity index is 177. The van der Waals surface area contributed by atoms with Crippen molar-refractivity contribution in [3.63, 3.8) is 0 Å². The molecule has 0 aromatic heterocycles. The Balaban J connectivity index is 2.45. The van der Waals surface area contributed by atoms with Crippen LogP contribution in [-0.4, -0.2) is 27.6 Å². The topological polar surface area (TPSA) is 18.5 Å². The van der Waals surface area contributed by atoms with Gasteiger partial charge in [-0.05, 0) is 44.8 Å². The van der Waals surface area contributed by atoms with Gasteiger partial charge < -0.3 is 9.16 Å². The molecule has 14 heavy (non-hydrogen) atoms. The molecule has 0 bridgehead atoms. The molecule has 84 valence electrons. The highest BCUT2D eigenvalue weighted by atomic mass is 28.4. The van der Waals surface area contributed by atoms with E-state index in [1.54, 1.807) is 0 Å². The van der Waals surface area contributed by atoms with Gasteiger partial charge in [0.25, 0.3) is 0 Å². The Morgan fingerprint density at radius 2 is 1.57 bits per heavy atom. The summed E-state index contributed by atoms with van der Waals surface area (Å²) >= 11 is 0. The van der Waals surface area contributed by atoms with E-state index in [0.29, 0.717) is 12.2 Å². The van der Waals surface area contributed by atoms with Crippen LogP contribution in [0.1, 0.15) is 26.2 Å². The fourth-order valence-corrected chi connectivity index (χ4v) is 3.46. The first-order valence-corrected chi connectivity index (χ1v) is 9.02. The molecule has 3 atom stereocenters. The van der Waals surface area contributed by atoms with Gasteiger partial charge in [0.2, 0.25) is 0 Å². The average Bonchev–Trinajstić information content (AvgIpc) is 1.99. The fraction of sp³-hybridized carbons (Fsp3) is 1.00. The highest BCUT2D eigenvalue weighted by Gasteiger charge is 2.30. The number of hydrogen-bond acceptors (Lipinski definition) is 2. The molecule has 0 aromatic carbocycles. The molecule has 0 saturated heterocycles. The summed E-state index contributed by atoms with van der Waals surface area (Å²) in [5.74, 6) is 0.745. The van der Waals surface area contributed by atoms with Gasteiger partial charge in [0.05, 0.1) is 6.10 Å². The lowest BCUT2D eigenvalue weighted by atomic mass is 9.87. The van der Waals surface area contributed by atoms with E-state index in [-0.39, 0.29) is 0 Å². The van der Waals surface area contributed by atoms with Crippen LogP contribution in [-0.2, 0) is 9.16 Å². The molecular formula is C11H24O2Si. The van der Waals surface area contributed by atoms with Gasteiger partial charge in [-0.1, -0.05) is 6.92 Å². The molecule has 0 radical (unpaired) electrons. The predicted molar refractivity (Wildman–Crippen MR) is 62.0 cm³/mol. The van der Waals surface area contributed by atoms with Gasteiger partial charge in [-0.25, -0.2) is 0 Å². The van der Waals surface area contributed by atoms with E-state index >= 15 is 0 Å². The molecule has 2 nitrogen and oxygen atoms in total. The second-order valence-electron chi connectivity index (χ2n) is 5.52. The molecular weight excluding hydrogens is 192 g/mol. The molecule has 1 rings (SSSR count). The van der Waals surface area contributed by atoms with Crippen LogP contribution in [0.3, 0.4) is 0 Å². The van der Waals surface area contributed by atoms with E-state index in [0.717, 1.165) is 12.3 Å². The minimum Gasteiger partial charge on any atom is -0.415 e. The highest BCUT2D eigenvalue weighted by molar-refractivity contribution is 6.69. The Morgan fingerprint density at radius 1 is 1.00 bits per heavy atom. The molecule has 0 spiro atoms. The van der Waals surface area contributed by atoms with Crippen molar-refractivity contribution in [1.29, 1.82) is 0 Å². The minimum atomic E-state index is -1.37. The summed E-state index contributed by atoms with van der Waals surface area (Å²) in [7, 11) is 0.442. The third-order valence-electron chi connectivity index (χ3n) is 2.71. The van der Waals surface area contributed by atoms with Crippen LogP contribution in [0, 0.1) is 5.92 Å². The molecule has 0 N–H and O–H groups in total. The van der Waals surface area contributed by atoms with Crippen LogP contribution in [0.25, 0.3) is 0 Å². The molecule has 0 aliphatic heterocycles. The van der Waals surface area contributed by atoms with Crippen molar-refractivity contribution in [2.75, 3.05) is 7.11 Å². The van der Waals surface area contributed by atoms with Gasteiger partial charge in [0, 0.05) is 13.2 Å². The maximum absolute atomic E-state index is 6.14. The number of methoxy groups -OCH3 is 1. The summed E-state index contributed by atoms with van der Waals surface area (Å²) in [5.41, 5.74) is 0. The fourth-order valence-electron chi connectivity index (χ4n) is 2.27. The SMILES string of the molecule is CO[C@H]1C[C@@H](C)C[C@H](O[Si](C)(C)C)C1. The normalized spacial score (nSPS) is 34.5.